The highest BCUT2D eigenvalue weighted by Gasteiger charge is 2.27. The van der Waals surface area contributed by atoms with Crippen LogP contribution in [0.3, 0.4) is 0 Å². The fraction of sp³-hybridized carbons (Fsp3) is 0.300. The standard InChI is InChI=1S/C20H21N5O4.ClH/c1-28-18-8-3-2-7-16(18)17-12-21-9-10-24(17)13-19-22-20(23-29-19)14-5-4-6-15(11-14)25(26)27;/h2-8,11,17,21H,9-10,12-13H2,1H3;1H. The third kappa shape index (κ3) is 4.59. The van der Waals surface area contributed by atoms with Crippen molar-refractivity contribution in [3.63, 3.8) is 0 Å². The Labute approximate surface area is 179 Å². The number of non-ortho nitro benzene ring substituents is 1. The average molecular weight is 432 g/mol. The Balaban J connectivity index is 0.00000256. The summed E-state index contributed by atoms with van der Waals surface area (Å²) in [5.41, 5.74) is 1.64. The minimum absolute atomic E-state index is 0. The van der Waals surface area contributed by atoms with E-state index in [2.05, 4.69) is 26.4 Å². The van der Waals surface area contributed by atoms with Crippen molar-refractivity contribution in [3.8, 4) is 17.1 Å². The molecule has 30 heavy (non-hydrogen) atoms. The maximum absolute atomic E-state index is 11.0. The first kappa shape index (κ1) is 21.7. The Morgan fingerprint density at radius 1 is 1.30 bits per heavy atom. The van der Waals surface area contributed by atoms with Gasteiger partial charge in [0.1, 0.15) is 5.75 Å². The Hall–Kier alpha value is -3.01. The number of nitro groups is 1. The number of para-hydroxylation sites is 1. The van der Waals surface area contributed by atoms with Gasteiger partial charge in [-0.1, -0.05) is 35.5 Å². The minimum Gasteiger partial charge on any atom is -0.496 e. The molecule has 0 spiro atoms. The van der Waals surface area contributed by atoms with Crippen LogP contribution in [0, 0.1) is 10.1 Å². The molecule has 1 aliphatic rings. The van der Waals surface area contributed by atoms with Gasteiger partial charge in [0.25, 0.3) is 5.69 Å². The topological polar surface area (TPSA) is 107 Å². The molecular formula is C20H22ClN5O4. The molecular weight excluding hydrogens is 410 g/mol. The lowest BCUT2D eigenvalue weighted by molar-refractivity contribution is -0.384. The molecule has 0 saturated carbocycles. The van der Waals surface area contributed by atoms with E-state index in [1.54, 1.807) is 19.2 Å². The smallest absolute Gasteiger partial charge is 0.270 e. The van der Waals surface area contributed by atoms with Crippen LogP contribution >= 0.6 is 12.4 Å². The van der Waals surface area contributed by atoms with E-state index in [1.807, 2.05) is 18.2 Å². The van der Waals surface area contributed by atoms with E-state index in [4.69, 9.17) is 9.26 Å². The molecule has 0 aliphatic carbocycles. The molecule has 2 heterocycles. The first-order chi connectivity index (χ1) is 14.2. The highest BCUT2D eigenvalue weighted by atomic mass is 35.5. The van der Waals surface area contributed by atoms with Crippen molar-refractivity contribution < 1.29 is 14.2 Å². The van der Waals surface area contributed by atoms with Crippen LogP contribution < -0.4 is 10.1 Å². The molecule has 158 valence electrons. The molecule has 0 bridgehead atoms. The quantitative estimate of drug-likeness (QED) is 0.468. The van der Waals surface area contributed by atoms with Gasteiger partial charge in [-0.2, -0.15) is 4.98 Å². The summed E-state index contributed by atoms with van der Waals surface area (Å²) in [4.78, 5) is 17.3. The van der Waals surface area contributed by atoms with Gasteiger partial charge in [-0.3, -0.25) is 15.0 Å². The summed E-state index contributed by atoms with van der Waals surface area (Å²) in [6.07, 6.45) is 0. The van der Waals surface area contributed by atoms with Gasteiger partial charge >= 0.3 is 0 Å². The van der Waals surface area contributed by atoms with Crippen LogP contribution in [0.4, 0.5) is 5.69 Å². The molecule has 1 fully saturated rings. The monoisotopic (exact) mass is 431 g/mol. The van der Waals surface area contributed by atoms with Crippen LogP contribution in [0.25, 0.3) is 11.4 Å². The van der Waals surface area contributed by atoms with Gasteiger partial charge < -0.3 is 14.6 Å². The van der Waals surface area contributed by atoms with Crippen molar-refractivity contribution in [3.05, 3.63) is 70.1 Å². The van der Waals surface area contributed by atoms with Gasteiger partial charge in [0, 0.05) is 42.9 Å². The van der Waals surface area contributed by atoms with Crippen molar-refractivity contribution in [1.82, 2.24) is 20.4 Å². The molecule has 9 nitrogen and oxygen atoms in total. The number of halogens is 1. The zero-order valence-corrected chi connectivity index (χ0v) is 17.2. The molecule has 1 aliphatic heterocycles. The summed E-state index contributed by atoms with van der Waals surface area (Å²) in [5, 5.41) is 18.4. The SMILES string of the molecule is COc1ccccc1C1CNCCN1Cc1nc(-c2cccc([N+](=O)[O-])c2)no1.Cl. The first-order valence-electron chi connectivity index (χ1n) is 9.31. The lowest BCUT2D eigenvalue weighted by Crippen LogP contribution is -2.45. The number of nitrogens with zero attached hydrogens (tertiary/aromatic N) is 4. The van der Waals surface area contributed by atoms with E-state index in [0.29, 0.717) is 23.8 Å². The second kappa shape index (κ2) is 9.66. The molecule has 1 aromatic heterocycles. The Morgan fingerprint density at radius 2 is 2.13 bits per heavy atom. The predicted molar refractivity (Wildman–Crippen MR) is 113 cm³/mol. The number of benzene rings is 2. The molecule has 1 atom stereocenters. The lowest BCUT2D eigenvalue weighted by atomic mass is 10.0. The second-order valence-electron chi connectivity index (χ2n) is 6.75. The summed E-state index contributed by atoms with van der Waals surface area (Å²) in [7, 11) is 1.67. The van der Waals surface area contributed by atoms with Crippen molar-refractivity contribution in [2.75, 3.05) is 26.7 Å². The normalized spacial score (nSPS) is 16.6. The third-order valence-corrected chi connectivity index (χ3v) is 4.97. The van der Waals surface area contributed by atoms with Crippen molar-refractivity contribution in [2.24, 2.45) is 0 Å². The summed E-state index contributed by atoms with van der Waals surface area (Å²) >= 11 is 0. The maximum atomic E-state index is 11.0. The van der Waals surface area contributed by atoms with Gasteiger partial charge in [-0.25, -0.2) is 0 Å². The van der Waals surface area contributed by atoms with E-state index in [-0.39, 0.29) is 24.1 Å². The Morgan fingerprint density at radius 3 is 2.93 bits per heavy atom. The molecule has 0 amide bonds. The Bertz CT molecular complexity index is 1010. The number of piperazine rings is 1. The van der Waals surface area contributed by atoms with E-state index in [9.17, 15) is 10.1 Å². The van der Waals surface area contributed by atoms with E-state index in [0.717, 1.165) is 30.9 Å². The van der Waals surface area contributed by atoms with E-state index >= 15 is 0 Å². The molecule has 2 aromatic carbocycles. The summed E-state index contributed by atoms with van der Waals surface area (Å²) in [5.74, 6) is 1.65. The highest BCUT2D eigenvalue weighted by Crippen LogP contribution is 2.31. The van der Waals surface area contributed by atoms with E-state index < -0.39 is 4.92 Å². The van der Waals surface area contributed by atoms with Gasteiger partial charge in [0.15, 0.2) is 0 Å². The lowest BCUT2D eigenvalue weighted by Gasteiger charge is -2.36. The van der Waals surface area contributed by atoms with Crippen LogP contribution in [0.15, 0.2) is 53.1 Å². The summed E-state index contributed by atoms with van der Waals surface area (Å²) < 4.78 is 11.0. The van der Waals surface area contributed by atoms with Crippen molar-refractivity contribution >= 4 is 18.1 Å². The Kier molecular flexibility index (Phi) is 6.99. The number of aromatic nitrogens is 2. The van der Waals surface area contributed by atoms with Gasteiger partial charge in [0.05, 0.1) is 24.6 Å². The average Bonchev–Trinajstić information content (AvgIpc) is 3.23. The van der Waals surface area contributed by atoms with Crippen molar-refractivity contribution in [2.45, 2.75) is 12.6 Å². The van der Waals surface area contributed by atoms with Gasteiger partial charge in [-0.15, -0.1) is 12.4 Å². The second-order valence-corrected chi connectivity index (χ2v) is 6.75. The van der Waals surface area contributed by atoms with Crippen LogP contribution in [0.2, 0.25) is 0 Å². The molecule has 3 aromatic rings. The minimum atomic E-state index is -0.441. The number of nitrogens with one attached hydrogen (secondary N) is 1. The molecule has 0 radical (unpaired) electrons. The summed E-state index contributed by atoms with van der Waals surface area (Å²) in [6, 6.07) is 14.3. The molecule has 1 saturated heterocycles. The predicted octanol–water partition coefficient (Wildman–Crippen LogP) is 3.22. The number of hydrogen-bond donors (Lipinski definition) is 1. The van der Waals surface area contributed by atoms with Crippen molar-refractivity contribution in [1.29, 1.82) is 0 Å². The molecule has 1 unspecified atom stereocenters. The number of hydrogen-bond acceptors (Lipinski definition) is 8. The zero-order chi connectivity index (χ0) is 20.2. The number of rotatable bonds is 6. The highest BCUT2D eigenvalue weighted by molar-refractivity contribution is 5.85. The molecule has 4 rings (SSSR count). The van der Waals surface area contributed by atoms with Crippen LogP contribution in [0.5, 0.6) is 5.75 Å². The number of nitro benzene ring substituents is 1. The molecule has 10 heteroatoms. The fourth-order valence-electron chi connectivity index (χ4n) is 3.55. The third-order valence-electron chi connectivity index (χ3n) is 4.97. The van der Waals surface area contributed by atoms with Gasteiger partial charge in [-0.05, 0) is 6.07 Å². The number of methoxy groups -OCH3 is 1. The van der Waals surface area contributed by atoms with Crippen LogP contribution in [0.1, 0.15) is 17.5 Å². The zero-order valence-electron chi connectivity index (χ0n) is 16.4. The summed E-state index contributed by atoms with van der Waals surface area (Å²) in [6.45, 7) is 2.94. The maximum Gasteiger partial charge on any atom is 0.270 e. The van der Waals surface area contributed by atoms with E-state index in [1.165, 1.54) is 12.1 Å². The van der Waals surface area contributed by atoms with Crippen LogP contribution in [-0.2, 0) is 6.54 Å². The molecule has 1 N–H and O–H groups in total. The first-order valence-corrected chi connectivity index (χ1v) is 9.31. The number of ether oxygens (including phenoxy) is 1. The van der Waals surface area contributed by atoms with Crippen LogP contribution in [-0.4, -0.2) is 46.7 Å². The van der Waals surface area contributed by atoms with Gasteiger partial charge in [0.2, 0.25) is 11.7 Å². The fourth-order valence-corrected chi connectivity index (χ4v) is 3.55. The largest absolute Gasteiger partial charge is 0.496 e.